The van der Waals surface area contributed by atoms with E-state index in [9.17, 15) is 9.59 Å². The summed E-state index contributed by atoms with van der Waals surface area (Å²) in [5, 5.41) is 0. The van der Waals surface area contributed by atoms with Crippen molar-refractivity contribution >= 4 is 11.9 Å². The highest BCUT2D eigenvalue weighted by Crippen LogP contribution is 2.28. The molecule has 0 fully saturated rings. The van der Waals surface area contributed by atoms with Gasteiger partial charge in [0.1, 0.15) is 5.75 Å². The molecule has 0 aromatic heterocycles. The molecule has 0 saturated heterocycles. The first-order valence-corrected chi connectivity index (χ1v) is 8.69. The van der Waals surface area contributed by atoms with Crippen molar-refractivity contribution in [2.24, 2.45) is 5.92 Å². The van der Waals surface area contributed by atoms with Gasteiger partial charge in [0.15, 0.2) is 0 Å². The molecule has 6 heteroatoms. The summed E-state index contributed by atoms with van der Waals surface area (Å²) in [6.45, 7) is 2.67. The molecular formula is C19H27NO5. The predicted molar refractivity (Wildman–Crippen MR) is 93.5 cm³/mol. The molecule has 0 radical (unpaired) electrons. The Morgan fingerprint density at radius 3 is 2.36 bits per heavy atom. The number of carbonyl (C=O) groups excluding carboxylic acids is 2. The fraction of sp³-hybridized carbons (Fsp3) is 0.579. The Hall–Kier alpha value is -2.08. The largest absolute Gasteiger partial charge is 0.493 e. The number of esters is 2. The van der Waals surface area contributed by atoms with E-state index >= 15 is 0 Å². The highest BCUT2D eigenvalue weighted by molar-refractivity contribution is 5.70. The third-order valence-corrected chi connectivity index (χ3v) is 4.53. The van der Waals surface area contributed by atoms with Gasteiger partial charge in [0.05, 0.1) is 33.7 Å². The molecule has 1 unspecified atom stereocenters. The first-order valence-electron chi connectivity index (χ1n) is 8.69. The summed E-state index contributed by atoms with van der Waals surface area (Å²) in [5.41, 5.74) is 1.24. The normalized spacial score (nSPS) is 16.0. The first-order chi connectivity index (χ1) is 12.1. The van der Waals surface area contributed by atoms with E-state index in [0.717, 1.165) is 25.1 Å². The van der Waals surface area contributed by atoms with Crippen molar-refractivity contribution < 1.29 is 23.8 Å². The number of methoxy groups -OCH3 is 2. The number of nitrogens with zero attached hydrogens (tertiary/aromatic N) is 1. The molecule has 1 aromatic carbocycles. The molecule has 1 atom stereocenters. The molecule has 1 heterocycles. The Labute approximate surface area is 149 Å². The Bertz CT molecular complexity index is 555. The van der Waals surface area contributed by atoms with Crippen LogP contribution in [0.25, 0.3) is 0 Å². The molecule has 138 valence electrons. The lowest BCUT2D eigenvalue weighted by Crippen LogP contribution is -2.33. The minimum atomic E-state index is -0.238. The van der Waals surface area contributed by atoms with Gasteiger partial charge in [0.2, 0.25) is 0 Å². The van der Waals surface area contributed by atoms with Gasteiger partial charge >= 0.3 is 11.9 Å². The van der Waals surface area contributed by atoms with Crippen LogP contribution < -0.4 is 4.74 Å². The minimum Gasteiger partial charge on any atom is -0.493 e. The highest BCUT2D eigenvalue weighted by Gasteiger charge is 2.20. The number of hydrogen-bond donors (Lipinski definition) is 0. The molecule has 6 nitrogen and oxygen atoms in total. The van der Waals surface area contributed by atoms with E-state index in [1.165, 1.54) is 19.8 Å². The second kappa shape index (κ2) is 10.0. The zero-order valence-electron chi connectivity index (χ0n) is 15.0. The van der Waals surface area contributed by atoms with Crippen LogP contribution in [-0.2, 0) is 25.5 Å². The van der Waals surface area contributed by atoms with E-state index in [1.54, 1.807) is 0 Å². The molecule has 0 bridgehead atoms. The molecule has 25 heavy (non-hydrogen) atoms. The lowest BCUT2D eigenvalue weighted by atomic mass is 9.94. The van der Waals surface area contributed by atoms with E-state index in [-0.39, 0.29) is 11.9 Å². The number of carbonyl (C=O) groups is 2. The predicted octanol–water partition coefficient (Wildman–Crippen LogP) is 2.06. The number of fused-ring (bicyclic) bond motifs is 1. The van der Waals surface area contributed by atoms with Crippen LogP contribution in [0.15, 0.2) is 24.3 Å². The van der Waals surface area contributed by atoms with Crippen molar-refractivity contribution in [2.45, 2.75) is 25.7 Å². The summed E-state index contributed by atoms with van der Waals surface area (Å²) in [7, 11) is 2.77. The van der Waals surface area contributed by atoms with E-state index in [2.05, 4.69) is 11.0 Å². The Balaban J connectivity index is 1.83. The van der Waals surface area contributed by atoms with Gasteiger partial charge < -0.3 is 19.1 Å². The minimum absolute atomic E-state index is 0.238. The molecule has 0 saturated carbocycles. The molecule has 1 aromatic rings. The molecule has 2 rings (SSSR count). The number of hydrogen-bond acceptors (Lipinski definition) is 6. The van der Waals surface area contributed by atoms with Gasteiger partial charge in [-0.25, -0.2) is 0 Å². The maximum atomic E-state index is 11.4. The van der Waals surface area contributed by atoms with E-state index in [4.69, 9.17) is 14.2 Å². The summed E-state index contributed by atoms with van der Waals surface area (Å²) in [6.07, 6.45) is 2.60. The van der Waals surface area contributed by atoms with Crippen LogP contribution >= 0.6 is 0 Å². The fourth-order valence-corrected chi connectivity index (χ4v) is 2.98. The summed E-state index contributed by atoms with van der Waals surface area (Å²) >= 11 is 0. The summed E-state index contributed by atoms with van der Waals surface area (Å²) in [5.74, 6) is 0.941. The summed E-state index contributed by atoms with van der Waals surface area (Å²) in [4.78, 5) is 24.9. The lowest BCUT2D eigenvalue weighted by Gasteiger charge is -2.28. The second-order valence-electron chi connectivity index (χ2n) is 6.27. The molecule has 0 aliphatic carbocycles. The van der Waals surface area contributed by atoms with E-state index in [0.29, 0.717) is 38.5 Å². The second-order valence-corrected chi connectivity index (χ2v) is 6.27. The maximum absolute atomic E-state index is 11.4. The zero-order chi connectivity index (χ0) is 18.1. The monoisotopic (exact) mass is 349 g/mol. The number of ether oxygens (including phenoxy) is 3. The Morgan fingerprint density at radius 1 is 1.08 bits per heavy atom. The molecule has 0 amide bonds. The van der Waals surface area contributed by atoms with Crippen LogP contribution in [0.1, 0.15) is 24.8 Å². The van der Waals surface area contributed by atoms with Gasteiger partial charge in [-0.3, -0.25) is 9.59 Å². The van der Waals surface area contributed by atoms with Crippen LogP contribution in [0.4, 0.5) is 0 Å². The van der Waals surface area contributed by atoms with Crippen molar-refractivity contribution in [3.8, 4) is 5.75 Å². The Morgan fingerprint density at radius 2 is 1.72 bits per heavy atom. The van der Waals surface area contributed by atoms with Gasteiger partial charge in [0.25, 0.3) is 0 Å². The average molecular weight is 349 g/mol. The van der Waals surface area contributed by atoms with E-state index < -0.39 is 0 Å². The number of rotatable bonds is 9. The average Bonchev–Trinajstić information content (AvgIpc) is 2.66. The molecular weight excluding hydrogens is 322 g/mol. The highest BCUT2D eigenvalue weighted by atomic mass is 16.5. The van der Waals surface area contributed by atoms with Gasteiger partial charge in [0, 0.05) is 13.1 Å². The standard InChI is InChI=1S/C19H27NO5/c1-23-18(21)8-11-20(12-9-19(22)24-2)10-7-15-13-16-5-3-4-6-17(16)25-14-15/h3-6,15H,7-14H2,1-2H3. The van der Waals surface area contributed by atoms with E-state index in [1.807, 2.05) is 18.2 Å². The topological polar surface area (TPSA) is 65.1 Å². The molecule has 0 N–H and O–H groups in total. The van der Waals surface area contributed by atoms with Crippen molar-refractivity contribution in [3.63, 3.8) is 0 Å². The maximum Gasteiger partial charge on any atom is 0.306 e. The molecule has 1 aliphatic rings. The van der Waals surface area contributed by atoms with Crippen molar-refractivity contribution in [1.29, 1.82) is 0 Å². The summed E-state index contributed by atoms with van der Waals surface area (Å²) in [6, 6.07) is 8.13. The number of para-hydroxylation sites is 1. The van der Waals surface area contributed by atoms with Crippen LogP contribution in [0.5, 0.6) is 5.75 Å². The zero-order valence-corrected chi connectivity index (χ0v) is 15.0. The smallest absolute Gasteiger partial charge is 0.306 e. The number of benzene rings is 1. The lowest BCUT2D eigenvalue weighted by molar-refractivity contribution is -0.141. The third kappa shape index (κ3) is 6.38. The van der Waals surface area contributed by atoms with Crippen LogP contribution in [-0.4, -0.2) is 57.3 Å². The van der Waals surface area contributed by atoms with Gasteiger partial charge in [-0.15, -0.1) is 0 Å². The first kappa shape index (κ1) is 19.2. The molecule has 1 aliphatic heterocycles. The van der Waals surface area contributed by atoms with Gasteiger partial charge in [-0.2, -0.15) is 0 Å². The van der Waals surface area contributed by atoms with Gasteiger partial charge in [-0.05, 0) is 36.9 Å². The third-order valence-electron chi connectivity index (χ3n) is 4.53. The fourth-order valence-electron chi connectivity index (χ4n) is 2.98. The van der Waals surface area contributed by atoms with Crippen LogP contribution in [0.3, 0.4) is 0 Å². The van der Waals surface area contributed by atoms with Crippen molar-refractivity contribution in [1.82, 2.24) is 4.90 Å². The quantitative estimate of drug-likeness (QED) is 0.636. The van der Waals surface area contributed by atoms with Crippen molar-refractivity contribution in [2.75, 3.05) is 40.5 Å². The van der Waals surface area contributed by atoms with Gasteiger partial charge in [-0.1, -0.05) is 18.2 Å². The summed E-state index contributed by atoms with van der Waals surface area (Å²) < 4.78 is 15.2. The molecule has 0 spiro atoms. The Kier molecular flexibility index (Phi) is 7.73. The van der Waals surface area contributed by atoms with Crippen LogP contribution in [0, 0.1) is 5.92 Å². The van der Waals surface area contributed by atoms with Crippen molar-refractivity contribution in [3.05, 3.63) is 29.8 Å². The SMILES string of the molecule is COC(=O)CCN(CCC(=O)OC)CCC1COc2ccccc2C1. The van der Waals surface area contributed by atoms with Crippen LogP contribution in [0.2, 0.25) is 0 Å².